The predicted octanol–water partition coefficient (Wildman–Crippen LogP) is 1.62. The summed E-state index contributed by atoms with van der Waals surface area (Å²) in [7, 11) is 0. The monoisotopic (exact) mass is 212 g/mol. The van der Waals surface area contributed by atoms with Gasteiger partial charge < -0.3 is 10.6 Å². The second-order valence-electron chi connectivity index (χ2n) is 4.85. The van der Waals surface area contributed by atoms with Crippen molar-refractivity contribution in [1.82, 2.24) is 4.90 Å². The quantitative estimate of drug-likeness (QED) is 0.772. The van der Waals surface area contributed by atoms with E-state index in [1.54, 1.807) is 0 Å². The summed E-state index contributed by atoms with van der Waals surface area (Å²) in [5.74, 6) is 1.04. The molecule has 0 aliphatic carbocycles. The highest BCUT2D eigenvalue weighted by Crippen LogP contribution is 2.23. The van der Waals surface area contributed by atoms with Gasteiger partial charge in [0.2, 0.25) is 5.91 Å². The number of rotatable bonds is 3. The minimum Gasteiger partial charge on any atom is -0.340 e. The van der Waals surface area contributed by atoms with Crippen LogP contribution in [0.15, 0.2) is 0 Å². The normalized spacial score (nSPS) is 28.9. The van der Waals surface area contributed by atoms with Gasteiger partial charge in [0.25, 0.3) is 0 Å². The molecular formula is C12H24N2O. The highest BCUT2D eigenvalue weighted by atomic mass is 16.2. The third-order valence-corrected chi connectivity index (χ3v) is 3.55. The van der Waals surface area contributed by atoms with Crippen LogP contribution >= 0.6 is 0 Å². The Morgan fingerprint density at radius 2 is 2.20 bits per heavy atom. The van der Waals surface area contributed by atoms with E-state index < -0.39 is 0 Å². The summed E-state index contributed by atoms with van der Waals surface area (Å²) in [6.45, 7) is 7.84. The Morgan fingerprint density at radius 1 is 1.53 bits per heavy atom. The first-order valence-corrected chi connectivity index (χ1v) is 6.10. The SMILES string of the molecule is CCC(CN)C(=O)N1CCC(C)CC1C. The standard InChI is InChI=1S/C12H24N2O/c1-4-11(8-13)12(15)14-6-5-9(2)7-10(14)3/h9-11H,4-8,13H2,1-3H3. The maximum absolute atomic E-state index is 12.1. The number of nitrogens with two attached hydrogens (primary N) is 1. The van der Waals surface area contributed by atoms with Crippen LogP contribution in [0.5, 0.6) is 0 Å². The highest BCUT2D eigenvalue weighted by Gasteiger charge is 2.29. The van der Waals surface area contributed by atoms with Crippen LogP contribution in [0.3, 0.4) is 0 Å². The average molecular weight is 212 g/mol. The van der Waals surface area contributed by atoms with Crippen LogP contribution in [-0.4, -0.2) is 29.9 Å². The lowest BCUT2D eigenvalue weighted by atomic mass is 9.92. The van der Waals surface area contributed by atoms with Crippen molar-refractivity contribution in [2.75, 3.05) is 13.1 Å². The van der Waals surface area contributed by atoms with Crippen LogP contribution in [0.2, 0.25) is 0 Å². The third-order valence-electron chi connectivity index (χ3n) is 3.55. The molecule has 88 valence electrons. The largest absolute Gasteiger partial charge is 0.340 e. The number of likely N-dealkylation sites (tertiary alicyclic amines) is 1. The van der Waals surface area contributed by atoms with E-state index >= 15 is 0 Å². The molecule has 1 saturated heterocycles. The molecule has 1 aliphatic rings. The smallest absolute Gasteiger partial charge is 0.227 e. The van der Waals surface area contributed by atoms with Crippen LogP contribution in [0.4, 0.5) is 0 Å². The van der Waals surface area contributed by atoms with E-state index in [0.717, 1.165) is 31.7 Å². The van der Waals surface area contributed by atoms with Crippen LogP contribution in [0.25, 0.3) is 0 Å². The topological polar surface area (TPSA) is 46.3 Å². The van der Waals surface area contributed by atoms with Crippen LogP contribution in [0.1, 0.15) is 40.0 Å². The first kappa shape index (κ1) is 12.5. The van der Waals surface area contributed by atoms with Gasteiger partial charge in [-0.05, 0) is 32.1 Å². The molecule has 2 N–H and O–H groups in total. The Labute approximate surface area is 93.0 Å². The molecule has 0 aromatic heterocycles. The van der Waals surface area contributed by atoms with Gasteiger partial charge in [0, 0.05) is 19.1 Å². The molecule has 1 fully saturated rings. The first-order chi connectivity index (χ1) is 7.10. The molecule has 15 heavy (non-hydrogen) atoms. The van der Waals surface area contributed by atoms with Crippen molar-refractivity contribution in [3.05, 3.63) is 0 Å². The Hall–Kier alpha value is -0.570. The zero-order valence-electron chi connectivity index (χ0n) is 10.2. The summed E-state index contributed by atoms with van der Waals surface area (Å²) in [6, 6.07) is 0.391. The van der Waals surface area contributed by atoms with E-state index in [9.17, 15) is 4.79 Å². The fourth-order valence-electron chi connectivity index (χ4n) is 2.41. The average Bonchev–Trinajstić information content (AvgIpc) is 2.19. The van der Waals surface area contributed by atoms with E-state index in [4.69, 9.17) is 5.73 Å². The van der Waals surface area contributed by atoms with Crippen molar-refractivity contribution in [1.29, 1.82) is 0 Å². The number of carbonyl (C=O) groups is 1. The van der Waals surface area contributed by atoms with Gasteiger partial charge in [-0.1, -0.05) is 13.8 Å². The van der Waals surface area contributed by atoms with Crippen LogP contribution < -0.4 is 5.73 Å². The van der Waals surface area contributed by atoms with Crippen LogP contribution in [0, 0.1) is 11.8 Å². The van der Waals surface area contributed by atoms with Crippen molar-refractivity contribution >= 4 is 5.91 Å². The van der Waals surface area contributed by atoms with E-state index in [1.807, 2.05) is 11.8 Å². The molecule has 0 radical (unpaired) electrons. The number of hydrogen-bond donors (Lipinski definition) is 1. The molecule has 1 heterocycles. The molecule has 0 bridgehead atoms. The van der Waals surface area contributed by atoms with Gasteiger partial charge in [-0.15, -0.1) is 0 Å². The lowest BCUT2D eigenvalue weighted by molar-refractivity contribution is -0.139. The fraction of sp³-hybridized carbons (Fsp3) is 0.917. The van der Waals surface area contributed by atoms with E-state index in [1.165, 1.54) is 0 Å². The molecule has 1 aliphatic heterocycles. The maximum atomic E-state index is 12.1. The second kappa shape index (κ2) is 5.50. The molecule has 0 aromatic carbocycles. The zero-order valence-corrected chi connectivity index (χ0v) is 10.2. The Bertz CT molecular complexity index is 214. The van der Waals surface area contributed by atoms with Crippen molar-refractivity contribution in [2.24, 2.45) is 17.6 Å². The van der Waals surface area contributed by atoms with Crippen LogP contribution in [-0.2, 0) is 4.79 Å². The minimum atomic E-state index is 0.0286. The maximum Gasteiger partial charge on any atom is 0.227 e. The first-order valence-electron chi connectivity index (χ1n) is 6.10. The van der Waals surface area contributed by atoms with E-state index in [-0.39, 0.29) is 11.8 Å². The second-order valence-corrected chi connectivity index (χ2v) is 4.85. The van der Waals surface area contributed by atoms with E-state index in [2.05, 4.69) is 13.8 Å². The van der Waals surface area contributed by atoms with Gasteiger partial charge in [-0.25, -0.2) is 0 Å². The Balaban J connectivity index is 2.59. The summed E-state index contributed by atoms with van der Waals surface area (Å²) < 4.78 is 0. The summed E-state index contributed by atoms with van der Waals surface area (Å²) in [6.07, 6.45) is 3.12. The molecule has 0 saturated carbocycles. The van der Waals surface area contributed by atoms with Crippen molar-refractivity contribution in [3.8, 4) is 0 Å². The number of amides is 1. The van der Waals surface area contributed by atoms with Crippen molar-refractivity contribution in [3.63, 3.8) is 0 Å². The zero-order chi connectivity index (χ0) is 11.4. The number of nitrogens with zero attached hydrogens (tertiary/aromatic N) is 1. The summed E-state index contributed by atoms with van der Waals surface area (Å²) in [4.78, 5) is 14.2. The summed E-state index contributed by atoms with van der Waals surface area (Å²) in [5.41, 5.74) is 5.62. The van der Waals surface area contributed by atoms with Gasteiger partial charge >= 0.3 is 0 Å². The van der Waals surface area contributed by atoms with Gasteiger partial charge in [0.05, 0.1) is 5.92 Å². The Kier molecular flexibility index (Phi) is 4.58. The molecule has 0 aromatic rings. The van der Waals surface area contributed by atoms with Gasteiger partial charge in [-0.2, -0.15) is 0 Å². The lowest BCUT2D eigenvalue weighted by Gasteiger charge is -2.38. The predicted molar refractivity (Wildman–Crippen MR) is 62.4 cm³/mol. The van der Waals surface area contributed by atoms with Crippen molar-refractivity contribution < 1.29 is 4.79 Å². The third kappa shape index (κ3) is 2.94. The highest BCUT2D eigenvalue weighted by molar-refractivity contribution is 5.79. The molecule has 1 amide bonds. The summed E-state index contributed by atoms with van der Waals surface area (Å²) in [5, 5.41) is 0. The molecule has 3 heteroatoms. The van der Waals surface area contributed by atoms with E-state index in [0.29, 0.717) is 12.6 Å². The number of carbonyl (C=O) groups excluding carboxylic acids is 1. The van der Waals surface area contributed by atoms with Gasteiger partial charge in [-0.3, -0.25) is 4.79 Å². The fourth-order valence-corrected chi connectivity index (χ4v) is 2.41. The van der Waals surface area contributed by atoms with Gasteiger partial charge in [0.15, 0.2) is 0 Å². The van der Waals surface area contributed by atoms with Crippen molar-refractivity contribution in [2.45, 2.75) is 46.1 Å². The lowest BCUT2D eigenvalue weighted by Crippen LogP contribution is -2.48. The molecule has 3 unspecified atom stereocenters. The number of hydrogen-bond acceptors (Lipinski definition) is 2. The number of piperidine rings is 1. The molecule has 0 spiro atoms. The molecule has 1 rings (SSSR count). The molecular weight excluding hydrogens is 188 g/mol. The summed E-state index contributed by atoms with van der Waals surface area (Å²) >= 11 is 0. The molecule has 3 nitrogen and oxygen atoms in total. The minimum absolute atomic E-state index is 0.0286. The molecule has 3 atom stereocenters. The Morgan fingerprint density at radius 3 is 2.67 bits per heavy atom. The van der Waals surface area contributed by atoms with Gasteiger partial charge in [0.1, 0.15) is 0 Å².